The van der Waals surface area contributed by atoms with Crippen molar-refractivity contribution in [3.05, 3.63) is 0 Å². The van der Waals surface area contributed by atoms with Crippen molar-refractivity contribution in [3.8, 4) is 0 Å². The van der Waals surface area contributed by atoms with Crippen LogP contribution in [0.2, 0.25) is 0 Å². The predicted molar refractivity (Wildman–Crippen MR) is 68.3 cm³/mol. The summed E-state index contributed by atoms with van der Waals surface area (Å²) in [6.45, 7) is 3.63. The van der Waals surface area contributed by atoms with Gasteiger partial charge in [-0.3, -0.25) is 14.1 Å². The quantitative estimate of drug-likeness (QED) is 0.569. The van der Waals surface area contributed by atoms with Gasteiger partial charge >= 0.3 is 10.4 Å². The monoisotopic (exact) mass is 276 g/mol. The zero-order chi connectivity index (χ0) is 13.2. The van der Waals surface area contributed by atoms with Crippen LogP contribution in [-0.2, 0) is 10.4 Å². The molecule has 6 nitrogen and oxygen atoms in total. The number of fused-ring (bicyclic) bond motifs is 2. The van der Waals surface area contributed by atoms with Gasteiger partial charge in [-0.1, -0.05) is 0 Å². The minimum Gasteiger partial charge on any atom is -0.316 e. The molecule has 2 heterocycles. The molecule has 7 heteroatoms. The van der Waals surface area contributed by atoms with Gasteiger partial charge in [0, 0.05) is 12.3 Å². The molecule has 0 amide bonds. The van der Waals surface area contributed by atoms with E-state index in [0.717, 1.165) is 24.3 Å². The molecular formula is C11H20N2O4S. The van der Waals surface area contributed by atoms with Crippen molar-refractivity contribution in [2.45, 2.75) is 25.7 Å². The Morgan fingerprint density at radius 1 is 1.22 bits per heavy atom. The highest BCUT2D eigenvalue weighted by Crippen LogP contribution is 2.37. The maximum absolute atomic E-state index is 8.74. The zero-order valence-electron chi connectivity index (χ0n) is 10.2. The normalized spacial score (nSPS) is 34.8. The van der Waals surface area contributed by atoms with Gasteiger partial charge in [0.25, 0.3) is 0 Å². The predicted octanol–water partition coefficient (Wildman–Crippen LogP) is 0.814. The first-order valence-electron chi connectivity index (χ1n) is 6.37. The van der Waals surface area contributed by atoms with Crippen molar-refractivity contribution < 1.29 is 17.5 Å². The van der Waals surface area contributed by atoms with Crippen molar-refractivity contribution in [1.82, 2.24) is 5.32 Å². The lowest BCUT2D eigenvalue weighted by Gasteiger charge is -2.34. The molecule has 3 aliphatic rings. The van der Waals surface area contributed by atoms with Crippen LogP contribution in [-0.4, -0.2) is 42.9 Å². The molecular weight excluding hydrogens is 256 g/mol. The van der Waals surface area contributed by atoms with E-state index < -0.39 is 10.4 Å². The smallest absolute Gasteiger partial charge is 0.316 e. The van der Waals surface area contributed by atoms with Crippen molar-refractivity contribution in [2.75, 3.05) is 19.6 Å². The summed E-state index contributed by atoms with van der Waals surface area (Å²) in [7, 11) is -4.67. The maximum atomic E-state index is 8.74. The first-order valence-corrected chi connectivity index (χ1v) is 7.77. The maximum Gasteiger partial charge on any atom is 0.394 e. The molecule has 3 N–H and O–H groups in total. The molecule has 104 valence electrons. The Labute approximate surface area is 107 Å². The highest BCUT2D eigenvalue weighted by atomic mass is 32.3. The van der Waals surface area contributed by atoms with Crippen LogP contribution in [0.25, 0.3) is 0 Å². The van der Waals surface area contributed by atoms with E-state index in [0.29, 0.717) is 0 Å². The number of hydrogen-bond donors (Lipinski definition) is 3. The van der Waals surface area contributed by atoms with Gasteiger partial charge in [-0.15, -0.1) is 0 Å². The summed E-state index contributed by atoms with van der Waals surface area (Å²) in [5.41, 5.74) is 1.57. The minimum atomic E-state index is -4.67. The molecule has 3 rings (SSSR count). The molecule has 3 unspecified atom stereocenters. The van der Waals surface area contributed by atoms with Crippen LogP contribution in [0.5, 0.6) is 0 Å². The van der Waals surface area contributed by atoms with Crippen LogP contribution in [0, 0.1) is 17.8 Å². The molecule has 18 heavy (non-hydrogen) atoms. The van der Waals surface area contributed by atoms with Crippen LogP contribution in [0.15, 0.2) is 4.99 Å². The molecule has 0 radical (unpaired) electrons. The average Bonchev–Trinajstić information content (AvgIpc) is 2.70. The second kappa shape index (κ2) is 5.64. The summed E-state index contributed by atoms with van der Waals surface area (Å²) in [5.74, 6) is 2.77. The van der Waals surface area contributed by atoms with Gasteiger partial charge in [0.2, 0.25) is 0 Å². The lowest BCUT2D eigenvalue weighted by Crippen LogP contribution is -2.33. The van der Waals surface area contributed by atoms with E-state index in [-0.39, 0.29) is 0 Å². The zero-order valence-corrected chi connectivity index (χ0v) is 11.1. The van der Waals surface area contributed by atoms with Crippen LogP contribution in [0.3, 0.4) is 0 Å². The Kier molecular flexibility index (Phi) is 4.37. The first-order chi connectivity index (χ1) is 8.43. The summed E-state index contributed by atoms with van der Waals surface area (Å²) in [5, 5.41) is 3.52. The Morgan fingerprint density at radius 2 is 1.89 bits per heavy atom. The van der Waals surface area contributed by atoms with Gasteiger partial charge in [-0.05, 0) is 56.5 Å². The first kappa shape index (κ1) is 13.9. The minimum absolute atomic E-state index is 0.870. The molecule has 1 aliphatic carbocycles. The van der Waals surface area contributed by atoms with E-state index in [4.69, 9.17) is 22.5 Å². The van der Waals surface area contributed by atoms with E-state index in [1.54, 1.807) is 5.71 Å². The van der Waals surface area contributed by atoms with Gasteiger partial charge in [0.05, 0.1) is 0 Å². The Bertz CT molecular complexity index is 413. The summed E-state index contributed by atoms with van der Waals surface area (Å²) in [6, 6.07) is 0. The second-order valence-corrected chi connectivity index (χ2v) is 6.17. The Morgan fingerprint density at radius 3 is 2.61 bits per heavy atom. The van der Waals surface area contributed by atoms with Crippen molar-refractivity contribution >= 4 is 16.1 Å². The van der Waals surface area contributed by atoms with E-state index in [9.17, 15) is 0 Å². The van der Waals surface area contributed by atoms with Gasteiger partial charge < -0.3 is 5.32 Å². The van der Waals surface area contributed by atoms with Crippen molar-refractivity contribution in [3.63, 3.8) is 0 Å². The lowest BCUT2D eigenvalue weighted by atomic mass is 9.72. The molecule has 0 aromatic rings. The van der Waals surface area contributed by atoms with Gasteiger partial charge in [0.1, 0.15) is 0 Å². The lowest BCUT2D eigenvalue weighted by molar-refractivity contribution is 0.313. The highest BCUT2D eigenvalue weighted by Gasteiger charge is 2.37. The molecule has 1 saturated carbocycles. The largest absolute Gasteiger partial charge is 0.394 e. The number of aliphatic imine (C=N–C) groups is 1. The molecule has 0 spiro atoms. The molecule has 0 aromatic carbocycles. The van der Waals surface area contributed by atoms with E-state index in [1.165, 1.54) is 38.8 Å². The standard InChI is InChI=1S/C11H18N2.H2O4S/c1-2-8-4-9-6-12-7-10(9)5-11(8)13-3-1;1-5(2,3)4/h8-10,12H,1-7H2;(H2,1,2,3,4). The number of nitrogens with zero attached hydrogens (tertiary/aromatic N) is 1. The fourth-order valence-electron chi connectivity index (χ4n) is 3.28. The van der Waals surface area contributed by atoms with E-state index in [1.807, 2.05) is 0 Å². The summed E-state index contributed by atoms with van der Waals surface area (Å²) in [6.07, 6.45) is 5.49. The van der Waals surface area contributed by atoms with Crippen LogP contribution >= 0.6 is 0 Å². The third-order valence-corrected chi connectivity index (χ3v) is 4.04. The highest BCUT2D eigenvalue weighted by molar-refractivity contribution is 7.79. The van der Waals surface area contributed by atoms with Crippen LogP contribution < -0.4 is 5.32 Å². The number of hydrogen-bond acceptors (Lipinski definition) is 4. The van der Waals surface area contributed by atoms with Gasteiger partial charge in [-0.25, -0.2) is 0 Å². The molecule has 2 fully saturated rings. The molecule has 3 atom stereocenters. The topological polar surface area (TPSA) is 99.0 Å². The Hall–Kier alpha value is -0.500. The molecule has 1 saturated heterocycles. The van der Waals surface area contributed by atoms with Gasteiger partial charge in [0.15, 0.2) is 0 Å². The Balaban J connectivity index is 0.000000209. The molecule has 2 aliphatic heterocycles. The fourth-order valence-corrected chi connectivity index (χ4v) is 3.28. The third kappa shape index (κ3) is 4.01. The molecule has 0 bridgehead atoms. The van der Waals surface area contributed by atoms with Crippen LogP contribution in [0.1, 0.15) is 25.7 Å². The summed E-state index contributed by atoms with van der Waals surface area (Å²) < 4.78 is 31.6. The fraction of sp³-hybridized carbons (Fsp3) is 0.909. The number of nitrogens with one attached hydrogen (secondary N) is 1. The van der Waals surface area contributed by atoms with Gasteiger partial charge in [-0.2, -0.15) is 8.42 Å². The van der Waals surface area contributed by atoms with Crippen molar-refractivity contribution in [1.29, 1.82) is 0 Å². The van der Waals surface area contributed by atoms with Crippen molar-refractivity contribution in [2.24, 2.45) is 22.7 Å². The average molecular weight is 276 g/mol. The number of rotatable bonds is 0. The summed E-state index contributed by atoms with van der Waals surface area (Å²) in [4.78, 5) is 4.70. The molecule has 0 aromatic heterocycles. The summed E-state index contributed by atoms with van der Waals surface area (Å²) >= 11 is 0. The SMILES string of the molecule is C1CN=C2CC3CNCC3CC2C1.O=S(=O)(O)O. The van der Waals surface area contributed by atoms with E-state index >= 15 is 0 Å². The van der Waals surface area contributed by atoms with Crippen LogP contribution in [0.4, 0.5) is 0 Å². The third-order valence-electron chi connectivity index (χ3n) is 4.04. The van der Waals surface area contributed by atoms with E-state index in [2.05, 4.69) is 5.32 Å². The second-order valence-electron chi connectivity index (χ2n) is 5.28.